The summed E-state index contributed by atoms with van der Waals surface area (Å²) in [6.07, 6.45) is 1.77. The second-order valence-electron chi connectivity index (χ2n) is 5.41. The molecule has 4 nitrogen and oxygen atoms in total. The van der Waals surface area contributed by atoms with Gasteiger partial charge in [0.1, 0.15) is 5.82 Å². The van der Waals surface area contributed by atoms with Gasteiger partial charge >= 0.3 is 0 Å². The maximum absolute atomic E-state index is 4.48. The number of benzene rings is 1. The van der Waals surface area contributed by atoms with E-state index in [0.29, 0.717) is 11.9 Å². The number of anilines is 3. The molecule has 0 spiro atoms. The Morgan fingerprint density at radius 3 is 2.70 bits per heavy atom. The lowest BCUT2D eigenvalue weighted by Gasteiger charge is -2.12. The standard InChI is InChI=1S/C16H22N4/c1-11(2)10-18-15-8-9-17-16(20-15)19-14-7-5-6-12(3)13(14)4/h5-9,11H,10H2,1-4H3,(H2,17,18,19,20). The molecule has 0 amide bonds. The highest BCUT2D eigenvalue weighted by molar-refractivity contribution is 5.60. The zero-order valence-electron chi connectivity index (χ0n) is 12.6. The van der Waals surface area contributed by atoms with Crippen LogP contribution in [0.5, 0.6) is 0 Å². The third-order valence-electron chi connectivity index (χ3n) is 3.20. The fourth-order valence-electron chi connectivity index (χ4n) is 1.83. The predicted molar refractivity (Wildman–Crippen MR) is 84.6 cm³/mol. The lowest BCUT2D eigenvalue weighted by molar-refractivity contribution is 0.687. The van der Waals surface area contributed by atoms with Gasteiger partial charge in [-0.2, -0.15) is 4.98 Å². The topological polar surface area (TPSA) is 49.8 Å². The Balaban J connectivity index is 2.13. The van der Waals surface area contributed by atoms with Crippen molar-refractivity contribution < 1.29 is 0 Å². The normalized spacial score (nSPS) is 10.7. The molecule has 0 unspecified atom stereocenters. The minimum atomic E-state index is 0.584. The van der Waals surface area contributed by atoms with Gasteiger partial charge in [-0.15, -0.1) is 0 Å². The summed E-state index contributed by atoms with van der Waals surface area (Å²) in [5.74, 6) is 2.05. The van der Waals surface area contributed by atoms with Gasteiger partial charge in [0.25, 0.3) is 0 Å². The molecule has 2 N–H and O–H groups in total. The van der Waals surface area contributed by atoms with Crippen LogP contribution in [-0.4, -0.2) is 16.5 Å². The van der Waals surface area contributed by atoms with Gasteiger partial charge in [0.05, 0.1) is 0 Å². The second kappa shape index (κ2) is 6.37. The summed E-state index contributed by atoms with van der Waals surface area (Å²) in [6, 6.07) is 8.06. The Bertz CT molecular complexity index is 578. The van der Waals surface area contributed by atoms with Crippen molar-refractivity contribution >= 4 is 17.5 Å². The third kappa shape index (κ3) is 3.70. The number of nitrogens with one attached hydrogen (secondary N) is 2. The number of rotatable bonds is 5. The van der Waals surface area contributed by atoms with E-state index in [2.05, 4.69) is 54.4 Å². The largest absolute Gasteiger partial charge is 0.370 e. The molecule has 20 heavy (non-hydrogen) atoms. The fourth-order valence-corrected chi connectivity index (χ4v) is 1.83. The maximum Gasteiger partial charge on any atom is 0.229 e. The highest BCUT2D eigenvalue weighted by atomic mass is 15.1. The molecular formula is C16H22N4. The van der Waals surface area contributed by atoms with E-state index in [1.165, 1.54) is 11.1 Å². The van der Waals surface area contributed by atoms with E-state index < -0.39 is 0 Å². The first-order chi connectivity index (χ1) is 9.56. The molecule has 2 rings (SSSR count). The molecule has 4 heteroatoms. The number of hydrogen-bond donors (Lipinski definition) is 2. The molecule has 1 heterocycles. The van der Waals surface area contributed by atoms with Crippen molar-refractivity contribution in [3.63, 3.8) is 0 Å². The Morgan fingerprint density at radius 1 is 1.15 bits per heavy atom. The van der Waals surface area contributed by atoms with Crippen LogP contribution in [0.2, 0.25) is 0 Å². The van der Waals surface area contributed by atoms with Crippen molar-refractivity contribution in [3.05, 3.63) is 41.6 Å². The monoisotopic (exact) mass is 270 g/mol. The van der Waals surface area contributed by atoms with Crippen LogP contribution in [0.4, 0.5) is 17.5 Å². The molecule has 0 aliphatic heterocycles. The van der Waals surface area contributed by atoms with Crippen LogP contribution in [0.3, 0.4) is 0 Å². The van der Waals surface area contributed by atoms with Crippen molar-refractivity contribution in [2.45, 2.75) is 27.7 Å². The molecule has 0 saturated carbocycles. The van der Waals surface area contributed by atoms with Gasteiger partial charge in [0.2, 0.25) is 5.95 Å². The molecule has 0 aliphatic carbocycles. The molecule has 0 atom stereocenters. The van der Waals surface area contributed by atoms with Gasteiger partial charge in [0, 0.05) is 18.4 Å². The van der Waals surface area contributed by atoms with Crippen molar-refractivity contribution in [3.8, 4) is 0 Å². The van der Waals surface area contributed by atoms with Crippen molar-refractivity contribution in [1.82, 2.24) is 9.97 Å². The summed E-state index contributed by atoms with van der Waals surface area (Å²) in [5.41, 5.74) is 3.52. The molecule has 0 bridgehead atoms. The zero-order valence-corrected chi connectivity index (χ0v) is 12.6. The first-order valence-corrected chi connectivity index (χ1v) is 6.96. The Kier molecular flexibility index (Phi) is 4.56. The average Bonchev–Trinajstić information content (AvgIpc) is 2.42. The number of hydrogen-bond acceptors (Lipinski definition) is 4. The van der Waals surface area contributed by atoms with Gasteiger partial charge in [-0.25, -0.2) is 4.98 Å². The smallest absolute Gasteiger partial charge is 0.229 e. The minimum Gasteiger partial charge on any atom is -0.370 e. The molecule has 0 radical (unpaired) electrons. The van der Waals surface area contributed by atoms with Crippen LogP contribution in [0.1, 0.15) is 25.0 Å². The summed E-state index contributed by atoms with van der Waals surface area (Å²) in [6.45, 7) is 9.44. The van der Waals surface area contributed by atoms with Gasteiger partial charge in [0.15, 0.2) is 0 Å². The van der Waals surface area contributed by atoms with Gasteiger partial charge in [-0.05, 0) is 43.0 Å². The highest BCUT2D eigenvalue weighted by Gasteiger charge is 2.04. The first kappa shape index (κ1) is 14.3. The maximum atomic E-state index is 4.48. The Labute approximate surface area is 120 Å². The molecule has 2 aromatic rings. The molecule has 1 aromatic heterocycles. The molecule has 106 valence electrons. The van der Waals surface area contributed by atoms with E-state index in [1.807, 2.05) is 18.2 Å². The van der Waals surface area contributed by atoms with Gasteiger partial charge < -0.3 is 10.6 Å². The van der Waals surface area contributed by atoms with Gasteiger partial charge in [-0.3, -0.25) is 0 Å². The van der Waals surface area contributed by atoms with Crippen LogP contribution in [0.15, 0.2) is 30.5 Å². The van der Waals surface area contributed by atoms with Crippen LogP contribution >= 0.6 is 0 Å². The van der Waals surface area contributed by atoms with E-state index in [9.17, 15) is 0 Å². The lowest BCUT2D eigenvalue weighted by Crippen LogP contribution is -2.10. The number of aryl methyl sites for hydroxylation is 1. The average molecular weight is 270 g/mol. The van der Waals surface area contributed by atoms with Crippen LogP contribution < -0.4 is 10.6 Å². The highest BCUT2D eigenvalue weighted by Crippen LogP contribution is 2.21. The van der Waals surface area contributed by atoms with E-state index in [1.54, 1.807) is 6.20 Å². The Hall–Kier alpha value is -2.10. The first-order valence-electron chi connectivity index (χ1n) is 6.96. The van der Waals surface area contributed by atoms with Crippen molar-refractivity contribution in [2.24, 2.45) is 5.92 Å². The predicted octanol–water partition coefficient (Wildman–Crippen LogP) is 3.90. The fraction of sp³-hybridized carbons (Fsp3) is 0.375. The van der Waals surface area contributed by atoms with Crippen molar-refractivity contribution in [1.29, 1.82) is 0 Å². The van der Waals surface area contributed by atoms with Crippen LogP contribution in [-0.2, 0) is 0 Å². The summed E-state index contributed by atoms with van der Waals surface area (Å²) in [5, 5.41) is 6.58. The number of nitrogens with zero attached hydrogens (tertiary/aromatic N) is 2. The molecule has 0 fully saturated rings. The van der Waals surface area contributed by atoms with Crippen LogP contribution in [0.25, 0.3) is 0 Å². The second-order valence-corrected chi connectivity index (χ2v) is 5.41. The SMILES string of the molecule is Cc1cccc(Nc2nccc(NCC(C)C)n2)c1C. The van der Waals surface area contributed by atoms with Gasteiger partial charge in [-0.1, -0.05) is 26.0 Å². The Morgan fingerprint density at radius 2 is 1.95 bits per heavy atom. The number of aromatic nitrogens is 2. The minimum absolute atomic E-state index is 0.584. The van der Waals surface area contributed by atoms with Crippen molar-refractivity contribution in [2.75, 3.05) is 17.2 Å². The summed E-state index contributed by atoms with van der Waals surface area (Å²) < 4.78 is 0. The van der Waals surface area contributed by atoms with E-state index in [0.717, 1.165) is 18.1 Å². The summed E-state index contributed by atoms with van der Waals surface area (Å²) in [7, 11) is 0. The quantitative estimate of drug-likeness (QED) is 0.865. The lowest BCUT2D eigenvalue weighted by atomic mass is 10.1. The molecule has 0 saturated heterocycles. The summed E-state index contributed by atoms with van der Waals surface area (Å²) >= 11 is 0. The molecule has 1 aromatic carbocycles. The third-order valence-corrected chi connectivity index (χ3v) is 3.20. The van der Waals surface area contributed by atoms with Crippen LogP contribution in [0, 0.1) is 19.8 Å². The van der Waals surface area contributed by atoms with E-state index >= 15 is 0 Å². The van der Waals surface area contributed by atoms with E-state index in [4.69, 9.17) is 0 Å². The van der Waals surface area contributed by atoms with E-state index in [-0.39, 0.29) is 0 Å². The summed E-state index contributed by atoms with van der Waals surface area (Å²) in [4.78, 5) is 8.75. The molecule has 0 aliphatic rings. The molecular weight excluding hydrogens is 248 g/mol. The zero-order chi connectivity index (χ0) is 14.5.